The molecular weight excluding hydrogens is 258 g/mol. The molecule has 1 aliphatic rings. The third kappa shape index (κ3) is 3.00. The number of aryl methyl sites for hydroxylation is 2. The van der Waals surface area contributed by atoms with E-state index in [2.05, 4.69) is 5.10 Å². The Balaban J connectivity index is 2.07. The van der Waals surface area contributed by atoms with Gasteiger partial charge in [0.15, 0.2) is 0 Å². The molecule has 0 N–H and O–H groups in total. The number of amides is 1. The second kappa shape index (κ2) is 6.07. The summed E-state index contributed by atoms with van der Waals surface area (Å²) in [4.78, 5) is 26.0. The zero-order valence-corrected chi connectivity index (χ0v) is 12.3. The Kier molecular flexibility index (Phi) is 4.42. The van der Waals surface area contributed by atoms with E-state index in [4.69, 9.17) is 4.74 Å². The highest BCUT2D eigenvalue weighted by molar-refractivity contribution is 5.95. The Bertz CT molecular complexity index is 510. The predicted molar refractivity (Wildman–Crippen MR) is 73.2 cm³/mol. The Morgan fingerprint density at radius 2 is 2.25 bits per heavy atom. The highest BCUT2D eigenvalue weighted by Gasteiger charge is 2.30. The summed E-state index contributed by atoms with van der Waals surface area (Å²) < 4.78 is 6.68. The number of nitrogens with zero attached hydrogens (tertiary/aromatic N) is 3. The number of likely N-dealkylation sites (tertiary alicyclic amines) is 1. The van der Waals surface area contributed by atoms with Gasteiger partial charge in [-0.05, 0) is 26.7 Å². The minimum Gasteiger partial charge on any atom is -0.466 e. The fourth-order valence-electron chi connectivity index (χ4n) is 2.59. The van der Waals surface area contributed by atoms with Gasteiger partial charge in [-0.25, -0.2) is 0 Å². The molecule has 1 aromatic heterocycles. The van der Waals surface area contributed by atoms with E-state index < -0.39 is 0 Å². The maximum atomic E-state index is 12.5. The first-order chi connectivity index (χ1) is 9.52. The van der Waals surface area contributed by atoms with Gasteiger partial charge in [0.05, 0.1) is 23.8 Å². The summed E-state index contributed by atoms with van der Waals surface area (Å²) in [6.07, 6.45) is 3.34. The maximum absolute atomic E-state index is 12.5. The van der Waals surface area contributed by atoms with Crippen LogP contribution in [0.1, 0.15) is 35.8 Å². The quantitative estimate of drug-likeness (QED) is 0.778. The second-order valence-corrected chi connectivity index (χ2v) is 5.14. The van der Waals surface area contributed by atoms with Gasteiger partial charge in [0, 0.05) is 26.3 Å². The molecule has 110 valence electrons. The normalized spacial score (nSPS) is 18.9. The maximum Gasteiger partial charge on any atom is 0.310 e. The van der Waals surface area contributed by atoms with Crippen molar-refractivity contribution >= 4 is 11.9 Å². The molecule has 0 spiro atoms. The molecule has 1 aliphatic heterocycles. The lowest BCUT2D eigenvalue weighted by molar-refractivity contribution is -0.149. The van der Waals surface area contributed by atoms with Crippen LogP contribution in [0.15, 0.2) is 6.20 Å². The first kappa shape index (κ1) is 14.6. The summed E-state index contributed by atoms with van der Waals surface area (Å²) in [5.41, 5.74) is 1.33. The molecule has 20 heavy (non-hydrogen) atoms. The van der Waals surface area contributed by atoms with Gasteiger partial charge in [-0.1, -0.05) is 0 Å². The van der Waals surface area contributed by atoms with E-state index in [1.54, 1.807) is 29.7 Å². The summed E-state index contributed by atoms with van der Waals surface area (Å²) in [6, 6.07) is 0. The number of aromatic nitrogens is 2. The van der Waals surface area contributed by atoms with Gasteiger partial charge in [-0.3, -0.25) is 14.3 Å². The second-order valence-electron chi connectivity index (χ2n) is 5.14. The molecule has 1 saturated heterocycles. The lowest BCUT2D eigenvalue weighted by atomic mass is 9.97. The number of hydrogen-bond donors (Lipinski definition) is 0. The molecule has 0 aliphatic carbocycles. The zero-order valence-electron chi connectivity index (χ0n) is 12.3. The standard InChI is InChI=1S/C14H21N3O3/c1-4-20-14(19)11-6-5-7-17(8-11)13(18)12-9-16(3)15-10(12)2/h9,11H,4-8H2,1-3H3/t11-/m0/s1. The highest BCUT2D eigenvalue weighted by Crippen LogP contribution is 2.20. The van der Waals surface area contributed by atoms with Gasteiger partial charge in [0.25, 0.3) is 5.91 Å². The molecule has 6 heteroatoms. The van der Waals surface area contributed by atoms with Crippen molar-refractivity contribution in [2.45, 2.75) is 26.7 Å². The SMILES string of the molecule is CCOC(=O)[C@H]1CCCN(C(=O)c2cn(C)nc2C)C1. The molecular formula is C14H21N3O3. The lowest BCUT2D eigenvalue weighted by Crippen LogP contribution is -2.42. The van der Waals surface area contributed by atoms with E-state index in [-0.39, 0.29) is 17.8 Å². The molecule has 0 bridgehead atoms. The largest absolute Gasteiger partial charge is 0.466 e. The average Bonchev–Trinajstić information content (AvgIpc) is 2.77. The van der Waals surface area contributed by atoms with Crippen LogP contribution >= 0.6 is 0 Å². The van der Waals surface area contributed by atoms with Crippen molar-refractivity contribution in [3.63, 3.8) is 0 Å². The van der Waals surface area contributed by atoms with Crippen molar-refractivity contribution in [1.82, 2.24) is 14.7 Å². The molecule has 2 heterocycles. The lowest BCUT2D eigenvalue weighted by Gasteiger charge is -2.31. The number of ether oxygens (including phenoxy) is 1. The van der Waals surface area contributed by atoms with Crippen LogP contribution in [0.25, 0.3) is 0 Å². The van der Waals surface area contributed by atoms with Crippen LogP contribution in [0, 0.1) is 12.8 Å². The molecule has 1 amide bonds. The molecule has 2 rings (SSSR count). The minimum atomic E-state index is -0.204. The van der Waals surface area contributed by atoms with Gasteiger partial charge in [0.2, 0.25) is 0 Å². The molecule has 1 fully saturated rings. The Morgan fingerprint density at radius 1 is 1.50 bits per heavy atom. The number of hydrogen-bond acceptors (Lipinski definition) is 4. The van der Waals surface area contributed by atoms with Crippen molar-refractivity contribution in [2.24, 2.45) is 13.0 Å². The van der Waals surface area contributed by atoms with Crippen LogP contribution in [0.3, 0.4) is 0 Å². The van der Waals surface area contributed by atoms with Crippen molar-refractivity contribution in [3.8, 4) is 0 Å². The molecule has 1 atom stereocenters. The fraction of sp³-hybridized carbons (Fsp3) is 0.643. The zero-order chi connectivity index (χ0) is 14.7. The van der Waals surface area contributed by atoms with E-state index in [9.17, 15) is 9.59 Å². The van der Waals surface area contributed by atoms with Gasteiger partial charge in [-0.2, -0.15) is 5.10 Å². The molecule has 0 radical (unpaired) electrons. The predicted octanol–water partition coefficient (Wildman–Crippen LogP) is 1.14. The molecule has 0 saturated carbocycles. The Morgan fingerprint density at radius 3 is 2.85 bits per heavy atom. The van der Waals surface area contributed by atoms with E-state index in [1.807, 2.05) is 6.92 Å². The van der Waals surface area contributed by atoms with E-state index in [1.165, 1.54) is 0 Å². The number of esters is 1. The number of piperidine rings is 1. The van der Waals surface area contributed by atoms with Gasteiger partial charge >= 0.3 is 5.97 Å². The van der Waals surface area contributed by atoms with Crippen LogP contribution in [0.2, 0.25) is 0 Å². The number of rotatable bonds is 3. The topological polar surface area (TPSA) is 64.4 Å². The average molecular weight is 279 g/mol. The van der Waals surface area contributed by atoms with Crippen LogP contribution < -0.4 is 0 Å². The van der Waals surface area contributed by atoms with Crippen molar-refractivity contribution < 1.29 is 14.3 Å². The summed E-state index contributed by atoms with van der Waals surface area (Å²) >= 11 is 0. The van der Waals surface area contributed by atoms with Crippen molar-refractivity contribution in [3.05, 3.63) is 17.5 Å². The van der Waals surface area contributed by atoms with Crippen LogP contribution in [0.5, 0.6) is 0 Å². The fourth-order valence-corrected chi connectivity index (χ4v) is 2.59. The summed E-state index contributed by atoms with van der Waals surface area (Å²) in [6.45, 7) is 5.11. The minimum absolute atomic E-state index is 0.0513. The summed E-state index contributed by atoms with van der Waals surface area (Å²) in [5.74, 6) is -0.456. The number of carbonyl (C=O) groups excluding carboxylic acids is 2. The highest BCUT2D eigenvalue weighted by atomic mass is 16.5. The van der Waals surface area contributed by atoms with Gasteiger partial charge in [0.1, 0.15) is 0 Å². The van der Waals surface area contributed by atoms with Gasteiger partial charge < -0.3 is 9.64 Å². The van der Waals surface area contributed by atoms with Crippen molar-refractivity contribution in [2.75, 3.05) is 19.7 Å². The monoisotopic (exact) mass is 279 g/mol. The van der Waals surface area contributed by atoms with E-state index >= 15 is 0 Å². The molecule has 0 unspecified atom stereocenters. The summed E-state index contributed by atoms with van der Waals surface area (Å²) in [5, 5.41) is 4.19. The van der Waals surface area contributed by atoms with E-state index in [0.717, 1.165) is 18.5 Å². The third-order valence-corrected chi connectivity index (χ3v) is 3.57. The molecule has 1 aromatic rings. The van der Waals surface area contributed by atoms with E-state index in [0.29, 0.717) is 25.3 Å². The van der Waals surface area contributed by atoms with Crippen LogP contribution in [-0.4, -0.2) is 46.3 Å². The Labute approximate surface area is 118 Å². The first-order valence-corrected chi connectivity index (χ1v) is 6.99. The van der Waals surface area contributed by atoms with Crippen LogP contribution in [0.4, 0.5) is 0 Å². The summed E-state index contributed by atoms with van der Waals surface area (Å²) in [7, 11) is 1.79. The molecule has 0 aromatic carbocycles. The van der Waals surface area contributed by atoms with Gasteiger partial charge in [-0.15, -0.1) is 0 Å². The van der Waals surface area contributed by atoms with Crippen LogP contribution in [-0.2, 0) is 16.6 Å². The van der Waals surface area contributed by atoms with Crippen molar-refractivity contribution in [1.29, 1.82) is 0 Å². The smallest absolute Gasteiger partial charge is 0.310 e. The number of carbonyl (C=O) groups is 2. The first-order valence-electron chi connectivity index (χ1n) is 6.99. The molecule has 6 nitrogen and oxygen atoms in total. The Hall–Kier alpha value is -1.85. The third-order valence-electron chi connectivity index (χ3n) is 3.57.